The third-order valence-corrected chi connectivity index (χ3v) is 4.07. The summed E-state index contributed by atoms with van der Waals surface area (Å²) in [5.41, 5.74) is 8.24. The highest BCUT2D eigenvalue weighted by atomic mass is 16.5. The van der Waals surface area contributed by atoms with Crippen molar-refractivity contribution in [1.82, 2.24) is 5.32 Å². The summed E-state index contributed by atoms with van der Waals surface area (Å²) in [7, 11) is 0. The summed E-state index contributed by atoms with van der Waals surface area (Å²) >= 11 is 0. The van der Waals surface area contributed by atoms with Crippen LogP contribution in [0.3, 0.4) is 0 Å². The van der Waals surface area contributed by atoms with Gasteiger partial charge in [0.1, 0.15) is 11.5 Å². The fourth-order valence-electron chi connectivity index (χ4n) is 2.68. The van der Waals surface area contributed by atoms with Gasteiger partial charge in [0.25, 0.3) is 0 Å². The Bertz CT molecular complexity index is 734. The van der Waals surface area contributed by atoms with Crippen LogP contribution < -0.4 is 15.8 Å². The maximum Gasteiger partial charge on any atom is 0.405 e. The molecule has 0 aliphatic carbocycles. The monoisotopic (exact) mass is 342 g/mol. The number of carboxylic acid groups (broad SMARTS) is 1. The predicted octanol–water partition coefficient (Wildman–Crippen LogP) is 4.98. The molecule has 5 heteroatoms. The van der Waals surface area contributed by atoms with Crippen LogP contribution in [0.15, 0.2) is 42.5 Å². The van der Waals surface area contributed by atoms with Gasteiger partial charge in [-0.1, -0.05) is 39.8 Å². The molecule has 0 aliphatic heterocycles. The lowest BCUT2D eigenvalue weighted by atomic mass is 9.81. The molecular weight excluding hydrogens is 316 g/mol. The number of hydrogen-bond acceptors (Lipinski definition) is 3. The molecule has 0 radical (unpaired) electrons. The van der Waals surface area contributed by atoms with E-state index in [-0.39, 0.29) is 5.41 Å². The van der Waals surface area contributed by atoms with E-state index in [0.717, 1.165) is 12.2 Å². The molecule has 0 saturated carbocycles. The van der Waals surface area contributed by atoms with Gasteiger partial charge in [-0.2, -0.15) is 0 Å². The molecule has 1 unspecified atom stereocenters. The van der Waals surface area contributed by atoms with Crippen molar-refractivity contribution in [1.29, 1.82) is 0 Å². The summed E-state index contributed by atoms with van der Waals surface area (Å²) in [5, 5.41) is 11.7. The van der Waals surface area contributed by atoms with E-state index in [1.165, 1.54) is 5.56 Å². The van der Waals surface area contributed by atoms with E-state index in [1.807, 2.05) is 45.0 Å². The number of amides is 1. The van der Waals surface area contributed by atoms with Crippen molar-refractivity contribution < 1.29 is 14.6 Å². The second-order valence-corrected chi connectivity index (χ2v) is 7.14. The van der Waals surface area contributed by atoms with Gasteiger partial charge in [-0.3, -0.25) is 0 Å². The van der Waals surface area contributed by atoms with E-state index in [0.29, 0.717) is 17.0 Å². The van der Waals surface area contributed by atoms with Crippen molar-refractivity contribution in [3.8, 4) is 11.5 Å². The molecule has 2 rings (SSSR count). The normalized spacial score (nSPS) is 12.5. The smallest absolute Gasteiger partial charge is 0.405 e. The first-order valence-electron chi connectivity index (χ1n) is 8.36. The van der Waals surface area contributed by atoms with Crippen molar-refractivity contribution >= 4 is 11.8 Å². The standard InChI is InChI=1S/C20H26N2O3/c1-5-13-6-8-14(9-7-13)25-15-10-11-17(21)16(12-15)18(20(2,3)4)22-19(23)24/h6-12,18,22H,5,21H2,1-4H3,(H,23,24). The Labute approximate surface area is 148 Å². The largest absolute Gasteiger partial charge is 0.465 e. The van der Waals surface area contributed by atoms with Gasteiger partial charge >= 0.3 is 6.09 Å². The third kappa shape index (κ3) is 4.89. The van der Waals surface area contributed by atoms with Gasteiger partial charge in [0, 0.05) is 11.3 Å². The van der Waals surface area contributed by atoms with E-state index in [1.54, 1.807) is 18.2 Å². The van der Waals surface area contributed by atoms with Gasteiger partial charge in [0.05, 0.1) is 6.04 Å². The quantitative estimate of drug-likeness (QED) is 0.669. The molecule has 0 heterocycles. The number of nitrogens with one attached hydrogen (secondary N) is 1. The second-order valence-electron chi connectivity index (χ2n) is 7.14. The van der Waals surface area contributed by atoms with Gasteiger partial charge in [-0.15, -0.1) is 0 Å². The Hall–Kier alpha value is -2.69. The number of rotatable bonds is 5. The average molecular weight is 342 g/mol. The predicted molar refractivity (Wildman–Crippen MR) is 100 cm³/mol. The number of hydrogen-bond donors (Lipinski definition) is 3. The summed E-state index contributed by atoms with van der Waals surface area (Å²) in [6.07, 6.45) is -0.110. The first kappa shape index (κ1) is 18.6. The van der Waals surface area contributed by atoms with Gasteiger partial charge in [0.2, 0.25) is 0 Å². The van der Waals surface area contributed by atoms with Crippen LogP contribution in [-0.4, -0.2) is 11.2 Å². The molecule has 25 heavy (non-hydrogen) atoms. The molecule has 0 fully saturated rings. The minimum atomic E-state index is -1.08. The highest BCUT2D eigenvalue weighted by molar-refractivity contribution is 5.66. The van der Waals surface area contributed by atoms with E-state index in [4.69, 9.17) is 10.5 Å². The molecule has 134 valence electrons. The van der Waals surface area contributed by atoms with Crippen molar-refractivity contribution in [2.45, 2.75) is 40.2 Å². The van der Waals surface area contributed by atoms with Gasteiger partial charge in [-0.05, 0) is 47.7 Å². The lowest BCUT2D eigenvalue weighted by Gasteiger charge is -2.32. The van der Waals surface area contributed by atoms with Crippen LogP contribution in [0.1, 0.15) is 44.9 Å². The molecule has 2 aromatic carbocycles. The zero-order valence-corrected chi connectivity index (χ0v) is 15.2. The minimum Gasteiger partial charge on any atom is -0.465 e. The van der Waals surface area contributed by atoms with Crippen molar-refractivity contribution in [2.24, 2.45) is 5.41 Å². The van der Waals surface area contributed by atoms with Crippen molar-refractivity contribution in [3.63, 3.8) is 0 Å². The molecule has 1 amide bonds. The number of ether oxygens (including phenoxy) is 1. The number of nitrogen functional groups attached to an aromatic ring is 1. The zero-order chi connectivity index (χ0) is 18.6. The lowest BCUT2D eigenvalue weighted by Crippen LogP contribution is -2.36. The number of benzene rings is 2. The van der Waals surface area contributed by atoms with Crippen LogP contribution >= 0.6 is 0 Å². The average Bonchev–Trinajstić information content (AvgIpc) is 2.54. The first-order chi connectivity index (χ1) is 11.7. The fraction of sp³-hybridized carbons (Fsp3) is 0.350. The Balaban J connectivity index is 2.33. The van der Waals surface area contributed by atoms with Gasteiger partial charge < -0.3 is 20.9 Å². The Morgan fingerprint density at radius 3 is 2.28 bits per heavy atom. The van der Waals surface area contributed by atoms with Crippen LogP contribution in [0.5, 0.6) is 11.5 Å². The Morgan fingerprint density at radius 1 is 1.16 bits per heavy atom. The fourth-order valence-corrected chi connectivity index (χ4v) is 2.68. The highest BCUT2D eigenvalue weighted by Crippen LogP contribution is 2.38. The molecular formula is C20H26N2O3. The van der Waals surface area contributed by atoms with E-state index >= 15 is 0 Å². The van der Waals surface area contributed by atoms with Crippen molar-refractivity contribution in [2.75, 3.05) is 5.73 Å². The Kier molecular flexibility index (Phi) is 5.57. The summed E-state index contributed by atoms with van der Waals surface area (Å²) < 4.78 is 5.91. The van der Waals surface area contributed by atoms with Crippen LogP contribution in [-0.2, 0) is 6.42 Å². The maximum absolute atomic E-state index is 11.2. The van der Waals surface area contributed by atoms with E-state index < -0.39 is 12.1 Å². The first-order valence-corrected chi connectivity index (χ1v) is 8.36. The lowest BCUT2D eigenvalue weighted by molar-refractivity contribution is 0.175. The molecule has 0 bridgehead atoms. The Morgan fingerprint density at radius 2 is 1.76 bits per heavy atom. The minimum absolute atomic E-state index is 0.339. The molecule has 0 saturated heterocycles. The second kappa shape index (κ2) is 7.47. The summed E-state index contributed by atoms with van der Waals surface area (Å²) in [5.74, 6) is 1.35. The van der Waals surface area contributed by atoms with Crippen molar-refractivity contribution in [3.05, 3.63) is 53.6 Å². The number of aryl methyl sites for hydroxylation is 1. The summed E-state index contributed by atoms with van der Waals surface area (Å²) in [6, 6.07) is 12.8. The third-order valence-electron chi connectivity index (χ3n) is 4.07. The number of anilines is 1. The van der Waals surface area contributed by atoms with Crippen LogP contribution in [0, 0.1) is 5.41 Å². The zero-order valence-electron chi connectivity index (χ0n) is 15.2. The van der Waals surface area contributed by atoms with E-state index in [2.05, 4.69) is 12.2 Å². The molecule has 2 aromatic rings. The van der Waals surface area contributed by atoms with E-state index in [9.17, 15) is 9.90 Å². The van der Waals surface area contributed by atoms with Gasteiger partial charge in [-0.25, -0.2) is 4.79 Å². The number of carbonyl (C=O) groups is 1. The number of nitrogens with two attached hydrogens (primary N) is 1. The molecule has 0 aromatic heterocycles. The SMILES string of the molecule is CCc1ccc(Oc2ccc(N)c(C(NC(=O)O)C(C)(C)C)c2)cc1. The van der Waals surface area contributed by atoms with Gasteiger partial charge in [0.15, 0.2) is 0 Å². The highest BCUT2D eigenvalue weighted by Gasteiger charge is 2.29. The summed E-state index contributed by atoms with van der Waals surface area (Å²) in [6.45, 7) is 7.99. The molecule has 0 spiro atoms. The molecule has 0 aliphatic rings. The molecule has 5 nitrogen and oxygen atoms in total. The molecule has 4 N–H and O–H groups in total. The van der Waals surface area contributed by atoms with Crippen LogP contribution in [0.4, 0.5) is 10.5 Å². The molecule has 1 atom stereocenters. The maximum atomic E-state index is 11.2. The summed E-state index contributed by atoms with van der Waals surface area (Å²) in [4.78, 5) is 11.2. The van der Waals surface area contributed by atoms with Crippen LogP contribution in [0.25, 0.3) is 0 Å². The van der Waals surface area contributed by atoms with Crippen LogP contribution in [0.2, 0.25) is 0 Å². The topological polar surface area (TPSA) is 84.6 Å².